The predicted octanol–water partition coefficient (Wildman–Crippen LogP) is 5.26. The fraction of sp³-hybridized carbons (Fsp3) is 0.250. The van der Waals surface area contributed by atoms with E-state index in [1.54, 1.807) is 0 Å². The van der Waals surface area contributed by atoms with Gasteiger partial charge >= 0.3 is 0 Å². The fourth-order valence-corrected chi connectivity index (χ4v) is 3.04. The van der Waals surface area contributed by atoms with Gasteiger partial charge in [-0.05, 0) is 64.7 Å². The van der Waals surface area contributed by atoms with Crippen LogP contribution in [0.3, 0.4) is 0 Å². The summed E-state index contributed by atoms with van der Waals surface area (Å²) in [5.41, 5.74) is 1.29. The molecule has 1 aliphatic carbocycles. The summed E-state index contributed by atoms with van der Waals surface area (Å²) in [5.74, 6) is 1.67. The molecule has 1 fully saturated rings. The van der Waals surface area contributed by atoms with Gasteiger partial charge in [-0.25, -0.2) is 0 Å². The minimum Gasteiger partial charge on any atom is -0.456 e. The Morgan fingerprint density at radius 2 is 1.80 bits per heavy atom. The molecule has 1 saturated carbocycles. The van der Waals surface area contributed by atoms with Crippen LogP contribution in [0.2, 0.25) is 0 Å². The molecule has 0 aliphatic heterocycles. The van der Waals surface area contributed by atoms with E-state index in [0.29, 0.717) is 0 Å². The molecular formula is C16H15Br2NO. The summed E-state index contributed by atoms with van der Waals surface area (Å²) in [4.78, 5) is 0. The van der Waals surface area contributed by atoms with Crippen LogP contribution >= 0.6 is 31.9 Å². The summed E-state index contributed by atoms with van der Waals surface area (Å²) in [5, 5.41) is 3.50. The van der Waals surface area contributed by atoms with Crippen molar-refractivity contribution in [2.45, 2.75) is 25.4 Å². The van der Waals surface area contributed by atoms with E-state index < -0.39 is 0 Å². The molecular weight excluding hydrogens is 382 g/mol. The van der Waals surface area contributed by atoms with Crippen molar-refractivity contribution in [3.05, 3.63) is 57.0 Å². The molecule has 2 aromatic carbocycles. The van der Waals surface area contributed by atoms with Gasteiger partial charge in [0.05, 0.1) is 4.47 Å². The highest BCUT2D eigenvalue weighted by atomic mass is 79.9. The van der Waals surface area contributed by atoms with E-state index >= 15 is 0 Å². The second-order valence-electron chi connectivity index (χ2n) is 4.98. The smallest absolute Gasteiger partial charge is 0.141 e. The lowest BCUT2D eigenvalue weighted by atomic mass is 10.2. The Labute approximate surface area is 135 Å². The van der Waals surface area contributed by atoms with E-state index in [1.165, 1.54) is 18.4 Å². The van der Waals surface area contributed by atoms with Crippen molar-refractivity contribution in [1.82, 2.24) is 5.32 Å². The van der Waals surface area contributed by atoms with Crippen molar-refractivity contribution < 1.29 is 4.74 Å². The maximum atomic E-state index is 5.87. The van der Waals surface area contributed by atoms with Gasteiger partial charge in [0.2, 0.25) is 0 Å². The van der Waals surface area contributed by atoms with Gasteiger partial charge < -0.3 is 10.1 Å². The van der Waals surface area contributed by atoms with Crippen molar-refractivity contribution in [2.24, 2.45) is 0 Å². The maximum absolute atomic E-state index is 5.87. The molecule has 0 spiro atoms. The van der Waals surface area contributed by atoms with Gasteiger partial charge in [-0.2, -0.15) is 0 Å². The van der Waals surface area contributed by atoms with Gasteiger partial charge in [-0.1, -0.05) is 28.1 Å². The Balaban J connectivity index is 1.64. The molecule has 2 aromatic rings. The highest BCUT2D eigenvalue weighted by Gasteiger charge is 2.19. The van der Waals surface area contributed by atoms with Crippen molar-refractivity contribution in [2.75, 3.05) is 0 Å². The van der Waals surface area contributed by atoms with E-state index in [4.69, 9.17) is 4.74 Å². The predicted molar refractivity (Wildman–Crippen MR) is 88.2 cm³/mol. The summed E-state index contributed by atoms with van der Waals surface area (Å²) in [6.45, 7) is 0.937. The van der Waals surface area contributed by atoms with Gasteiger partial charge in [0.15, 0.2) is 0 Å². The molecule has 2 nitrogen and oxygen atoms in total. The molecule has 1 aliphatic rings. The fourth-order valence-electron chi connectivity index (χ4n) is 1.91. The molecule has 0 unspecified atom stereocenters. The molecule has 0 amide bonds. The number of ether oxygens (including phenoxy) is 1. The Bertz CT molecular complexity index is 594. The lowest BCUT2D eigenvalue weighted by Crippen LogP contribution is -2.14. The molecule has 0 aromatic heterocycles. The van der Waals surface area contributed by atoms with Crippen LogP contribution in [0.15, 0.2) is 51.4 Å². The topological polar surface area (TPSA) is 21.3 Å². The molecule has 20 heavy (non-hydrogen) atoms. The number of rotatable bonds is 5. The Kier molecular flexibility index (Phi) is 4.44. The second kappa shape index (κ2) is 6.29. The molecule has 0 heterocycles. The van der Waals surface area contributed by atoms with E-state index in [-0.39, 0.29) is 0 Å². The maximum Gasteiger partial charge on any atom is 0.141 e. The van der Waals surface area contributed by atoms with Crippen molar-refractivity contribution in [3.63, 3.8) is 0 Å². The molecule has 0 bridgehead atoms. The number of hydrogen-bond acceptors (Lipinski definition) is 2. The molecule has 0 saturated heterocycles. The number of hydrogen-bond donors (Lipinski definition) is 1. The summed E-state index contributed by atoms with van der Waals surface area (Å²) in [6, 6.07) is 14.9. The van der Waals surface area contributed by atoms with Crippen molar-refractivity contribution in [3.8, 4) is 11.5 Å². The van der Waals surface area contributed by atoms with E-state index in [2.05, 4.69) is 49.3 Å². The zero-order valence-corrected chi connectivity index (χ0v) is 14.1. The van der Waals surface area contributed by atoms with Gasteiger partial charge in [-0.3, -0.25) is 0 Å². The minimum absolute atomic E-state index is 0.740. The largest absolute Gasteiger partial charge is 0.456 e. The average molecular weight is 397 g/mol. The van der Waals surface area contributed by atoms with Crippen LogP contribution in [0, 0.1) is 0 Å². The quantitative estimate of drug-likeness (QED) is 0.744. The Morgan fingerprint density at radius 3 is 2.45 bits per heavy atom. The third kappa shape index (κ3) is 3.84. The first-order valence-electron chi connectivity index (χ1n) is 6.66. The van der Waals surface area contributed by atoms with Gasteiger partial charge in [-0.15, -0.1) is 0 Å². The third-order valence-corrected chi connectivity index (χ3v) is 4.33. The zero-order valence-electron chi connectivity index (χ0n) is 10.9. The first-order valence-corrected chi connectivity index (χ1v) is 8.24. The minimum atomic E-state index is 0.740. The molecule has 0 radical (unpaired) electrons. The van der Waals surface area contributed by atoms with Crippen LogP contribution < -0.4 is 10.1 Å². The molecule has 3 rings (SSSR count). The van der Waals surface area contributed by atoms with Gasteiger partial charge in [0, 0.05) is 17.1 Å². The van der Waals surface area contributed by atoms with Crippen LogP contribution in [0.1, 0.15) is 18.4 Å². The van der Waals surface area contributed by atoms with Gasteiger partial charge in [0.25, 0.3) is 0 Å². The SMILES string of the molecule is Brc1ccc(Oc2ccc(CNC3CC3)cc2)c(Br)c1. The van der Waals surface area contributed by atoms with Crippen LogP contribution in [0.5, 0.6) is 11.5 Å². The zero-order chi connectivity index (χ0) is 13.9. The first-order chi connectivity index (χ1) is 9.70. The summed E-state index contributed by atoms with van der Waals surface area (Å²) in [6.07, 6.45) is 2.64. The van der Waals surface area contributed by atoms with E-state index in [1.807, 2.05) is 30.3 Å². The third-order valence-electron chi connectivity index (χ3n) is 3.22. The second-order valence-corrected chi connectivity index (χ2v) is 6.75. The first kappa shape index (κ1) is 14.1. The standard InChI is InChI=1S/C16H15Br2NO/c17-12-3-8-16(15(18)9-12)20-14-6-1-11(2-7-14)10-19-13-4-5-13/h1-3,6-9,13,19H,4-5,10H2. The normalized spacial score (nSPS) is 14.3. The van der Waals surface area contributed by atoms with Crippen molar-refractivity contribution >= 4 is 31.9 Å². The number of benzene rings is 2. The molecule has 104 valence electrons. The van der Waals surface area contributed by atoms with Crippen LogP contribution in [0.25, 0.3) is 0 Å². The molecule has 4 heteroatoms. The lowest BCUT2D eigenvalue weighted by Gasteiger charge is -2.09. The average Bonchev–Trinajstić information content (AvgIpc) is 3.25. The number of halogens is 2. The van der Waals surface area contributed by atoms with Crippen LogP contribution in [-0.2, 0) is 6.54 Å². The Hall–Kier alpha value is -0.840. The van der Waals surface area contributed by atoms with E-state index in [9.17, 15) is 0 Å². The Morgan fingerprint density at radius 1 is 1.05 bits per heavy atom. The summed E-state index contributed by atoms with van der Waals surface area (Å²) < 4.78 is 7.83. The van der Waals surface area contributed by atoms with Crippen LogP contribution in [0.4, 0.5) is 0 Å². The van der Waals surface area contributed by atoms with Gasteiger partial charge in [0.1, 0.15) is 11.5 Å². The molecule has 0 atom stereocenters. The van der Waals surface area contributed by atoms with E-state index in [0.717, 1.165) is 33.0 Å². The van der Waals surface area contributed by atoms with Crippen LogP contribution in [-0.4, -0.2) is 6.04 Å². The monoisotopic (exact) mass is 395 g/mol. The summed E-state index contributed by atoms with van der Waals surface area (Å²) >= 11 is 6.93. The molecule has 1 N–H and O–H groups in total. The highest BCUT2D eigenvalue weighted by Crippen LogP contribution is 2.32. The highest BCUT2D eigenvalue weighted by molar-refractivity contribution is 9.11. The summed E-state index contributed by atoms with van der Waals surface area (Å²) in [7, 11) is 0. The van der Waals surface area contributed by atoms with Crippen molar-refractivity contribution in [1.29, 1.82) is 0 Å². The number of nitrogens with one attached hydrogen (secondary N) is 1. The lowest BCUT2D eigenvalue weighted by molar-refractivity contribution is 0.479.